The number of amides is 1. The van der Waals surface area contributed by atoms with Crippen molar-refractivity contribution in [1.29, 1.82) is 0 Å². The maximum Gasteiger partial charge on any atom is 0.223 e. The number of carbonyl (C=O) groups excluding carboxylic acids is 1. The zero-order valence-corrected chi connectivity index (χ0v) is 12.7. The Morgan fingerprint density at radius 2 is 1.84 bits per heavy atom. The molecule has 0 radical (unpaired) electrons. The van der Waals surface area contributed by atoms with Gasteiger partial charge in [-0.05, 0) is 57.5 Å². The van der Waals surface area contributed by atoms with Gasteiger partial charge in [-0.1, -0.05) is 19.8 Å². The monoisotopic (exact) mass is 266 g/mol. The second-order valence-electron chi connectivity index (χ2n) is 6.39. The zero-order chi connectivity index (χ0) is 13.7. The first-order chi connectivity index (χ1) is 9.22. The zero-order valence-electron chi connectivity index (χ0n) is 12.7. The molecule has 1 N–H and O–H groups in total. The van der Waals surface area contributed by atoms with Crippen molar-refractivity contribution in [3.8, 4) is 0 Å². The van der Waals surface area contributed by atoms with Gasteiger partial charge in [-0.3, -0.25) is 4.79 Å². The third-order valence-electron chi connectivity index (χ3n) is 5.11. The van der Waals surface area contributed by atoms with Crippen molar-refractivity contribution in [3.05, 3.63) is 0 Å². The van der Waals surface area contributed by atoms with E-state index in [-0.39, 0.29) is 0 Å². The molecule has 1 unspecified atom stereocenters. The first-order valence-corrected chi connectivity index (χ1v) is 8.22. The molecule has 0 aromatic carbocycles. The lowest BCUT2D eigenvalue weighted by molar-refractivity contribution is -0.134. The van der Waals surface area contributed by atoms with Gasteiger partial charge in [0.05, 0.1) is 0 Å². The normalized spacial score (nSPS) is 23.5. The molecule has 1 heterocycles. The summed E-state index contributed by atoms with van der Waals surface area (Å²) in [6, 6.07) is 0.540. The summed E-state index contributed by atoms with van der Waals surface area (Å²) in [5.41, 5.74) is 0. The fourth-order valence-corrected chi connectivity index (χ4v) is 3.83. The third-order valence-corrected chi connectivity index (χ3v) is 5.11. The lowest BCUT2D eigenvalue weighted by Gasteiger charge is -2.32. The van der Waals surface area contributed by atoms with Crippen molar-refractivity contribution < 1.29 is 4.79 Å². The number of rotatable bonds is 5. The van der Waals surface area contributed by atoms with Gasteiger partial charge in [0.15, 0.2) is 0 Å². The fraction of sp³-hybridized carbons (Fsp3) is 0.938. The van der Waals surface area contributed by atoms with E-state index >= 15 is 0 Å². The Kier molecular flexibility index (Phi) is 5.68. The van der Waals surface area contributed by atoms with E-state index < -0.39 is 0 Å². The van der Waals surface area contributed by atoms with Gasteiger partial charge in [-0.15, -0.1) is 0 Å². The SMILES string of the molecule is CCN(C(=O)CC(C)C1CCNCC1)C1CCCC1. The van der Waals surface area contributed by atoms with Gasteiger partial charge < -0.3 is 10.2 Å². The Labute approximate surface area is 118 Å². The van der Waals surface area contributed by atoms with Crippen molar-refractivity contribution in [1.82, 2.24) is 10.2 Å². The Morgan fingerprint density at radius 1 is 1.21 bits per heavy atom. The number of nitrogens with zero attached hydrogens (tertiary/aromatic N) is 1. The molecule has 3 heteroatoms. The molecule has 2 rings (SSSR count). The summed E-state index contributed by atoms with van der Waals surface area (Å²) >= 11 is 0. The standard InChI is InChI=1S/C16H30N2O/c1-3-18(15-6-4-5-7-15)16(19)12-13(2)14-8-10-17-11-9-14/h13-15,17H,3-12H2,1-2H3. The highest BCUT2D eigenvalue weighted by atomic mass is 16.2. The molecule has 0 spiro atoms. The van der Waals surface area contributed by atoms with Crippen LogP contribution in [-0.2, 0) is 4.79 Å². The summed E-state index contributed by atoms with van der Waals surface area (Å²) in [5, 5.41) is 3.41. The minimum absolute atomic E-state index is 0.403. The topological polar surface area (TPSA) is 32.3 Å². The van der Waals surface area contributed by atoms with Crippen LogP contribution < -0.4 is 5.32 Å². The number of carbonyl (C=O) groups is 1. The van der Waals surface area contributed by atoms with Crippen LogP contribution in [0.25, 0.3) is 0 Å². The number of piperidine rings is 1. The van der Waals surface area contributed by atoms with Crippen LogP contribution in [0.2, 0.25) is 0 Å². The molecule has 1 saturated heterocycles. The van der Waals surface area contributed by atoms with Crippen molar-refractivity contribution in [2.45, 2.75) is 64.8 Å². The minimum Gasteiger partial charge on any atom is -0.340 e. The predicted octanol–water partition coefficient (Wildman–Crippen LogP) is 2.80. The second-order valence-corrected chi connectivity index (χ2v) is 6.39. The quantitative estimate of drug-likeness (QED) is 0.830. The molecule has 2 fully saturated rings. The van der Waals surface area contributed by atoms with Gasteiger partial charge in [0.1, 0.15) is 0 Å². The van der Waals surface area contributed by atoms with E-state index in [2.05, 4.69) is 24.1 Å². The van der Waals surface area contributed by atoms with Crippen molar-refractivity contribution in [2.75, 3.05) is 19.6 Å². The van der Waals surface area contributed by atoms with Gasteiger partial charge in [-0.2, -0.15) is 0 Å². The molecular formula is C16H30N2O. The van der Waals surface area contributed by atoms with Crippen LogP contribution in [0.3, 0.4) is 0 Å². The molecule has 110 valence electrons. The van der Waals surface area contributed by atoms with E-state index in [0.717, 1.165) is 32.0 Å². The average molecular weight is 266 g/mol. The largest absolute Gasteiger partial charge is 0.340 e. The van der Waals surface area contributed by atoms with E-state index in [9.17, 15) is 4.79 Å². The number of nitrogens with one attached hydrogen (secondary N) is 1. The fourth-order valence-electron chi connectivity index (χ4n) is 3.83. The first kappa shape index (κ1) is 14.8. The Bertz CT molecular complexity index is 280. The second kappa shape index (κ2) is 7.28. The number of hydrogen-bond acceptors (Lipinski definition) is 2. The molecule has 1 amide bonds. The van der Waals surface area contributed by atoms with E-state index in [1.54, 1.807) is 0 Å². The highest BCUT2D eigenvalue weighted by Crippen LogP contribution is 2.28. The van der Waals surface area contributed by atoms with Crippen LogP contribution in [0.1, 0.15) is 58.8 Å². The summed E-state index contributed by atoms with van der Waals surface area (Å²) in [6.07, 6.45) is 8.29. The Hall–Kier alpha value is -0.570. The smallest absolute Gasteiger partial charge is 0.223 e. The Balaban J connectivity index is 1.83. The lowest BCUT2D eigenvalue weighted by Crippen LogP contribution is -2.40. The van der Waals surface area contributed by atoms with Crippen molar-refractivity contribution in [3.63, 3.8) is 0 Å². The van der Waals surface area contributed by atoms with E-state index in [1.165, 1.54) is 38.5 Å². The van der Waals surface area contributed by atoms with Gasteiger partial charge in [0, 0.05) is 19.0 Å². The predicted molar refractivity (Wildman–Crippen MR) is 79.0 cm³/mol. The molecular weight excluding hydrogens is 236 g/mol. The van der Waals surface area contributed by atoms with Gasteiger partial charge in [0.25, 0.3) is 0 Å². The summed E-state index contributed by atoms with van der Waals surface area (Å²) in [6.45, 7) is 7.55. The van der Waals surface area contributed by atoms with Crippen LogP contribution in [-0.4, -0.2) is 36.5 Å². The van der Waals surface area contributed by atoms with Crippen LogP contribution in [0.15, 0.2) is 0 Å². The molecule has 0 bridgehead atoms. The molecule has 1 aliphatic carbocycles. The van der Waals surface area contributed by atoms with Crippen molar-refractivity contribution in [2.24, 2.45) is 11.8 Å². The summed E-state index contributed by atoms with van der Waals surface area (Å²) < 4.78 is 0. The van der Waals surface area contributed by atoms with Crippen LogP contribution in [0.4, 0.5) is 0 Å². The number of hydrogen-bond donors (Lipinski definition) is 1. The maximum atomic E-state index is 12.5. The maximum absolute atomic E-state index is 12.5. The third kappa shape index (κ3) is 3.95. The minimum atomic E-state index is 0.403. The van der Waals surface area contributed by atoms with Gasteiger partial charge >= 0.3 is 0 Å². The summed E-state index contributed by atoms with van der Waals surface area (Å²) in [7, 11) is 0. The van der Waals surface area contributed by atoms with Gasteiger partial charge in [-0.25, -0.2) is 0 Å². The summed E-state index contributed by atoms with van der Waals surface area (Å²) in [5.74, 6) is 1.69. The molecule has 3 nitrogen and oxygen atoms in total. The van der Waals surface area contributed by atoms with Crippen LogP contribution in [0, 0.1) is 11.8 Å². The van der Waals surface area contributed by atoms with Crippen LogP contribution >= 0.6 is 0 Å². The molecule has 1 atom stereocenters. The molecule has 1 saturated carbocycles. The van der Waals surface area contributed by atoms with E-state index in [0.29, 0.717) is 17.9 Å². The Morgan fingerprint density at radius 3 is 2.42 bits per heavy atom. The lowest BCUT2D eigenvalue weighted by atomic mass is 9.84. The van der Waals surface area contributed by atoms with Crippen LogP contribution in [0.5, 0.6) is 0 Å². The molecule has 2 aliphatic rings. The molecule has 19 heavy (non-hydrogen) atoms. The first-order valence-electron chi connectivity index (χ1n) is 8.22. The van der Waals surface area contributed by atoms with E-state index in [4.69, 9.17) is 0 Å². The molecule has 0 aromatic heterocycles. The highest BCUT2D eigenvalue weighted by molar-refractivity contribution is 5.76. The van der Waals surface area contributed by atoms with E-state index in [1.807, 2.05) is 0 Å². The average Bonchev–Trinajstić information content (AvgIpc) is 2.94. The summed E-state index contributed by atoms with van der Waals surface area (Å²) in [4.78, 5) is 14.7. The molecule has 0 aromatic rings. The van der Waals surface area contributed by atoms with Gasteiger partial charge in [0.2, 0.25) is 5.91 Å². The molecule has 1 aliphatic heterocycles. The van der Waals surface area contributed by atoms with Crippen molar-refractivity contribution >= 4 is 5.91 Å². The highest BCUT2D eigenvalue weighted by Gasteiger charge is 2.28.